The predicted molar refractivity (Wildman–Crippen MR) is 473 cm³/mol. The summed E-state index contributed by atoms with van der Waals surface area (Å²) >= 11 is 26.1. The van der Waals surface area contributed by atoms with Crippen LogP contribution in [0.5, 0.6) is 0 Å². The maximum Gasteiger partial charge on any atom is 0.204 e. The number of rotatable bonds is 43. The van der Waals surface area contributed by atoms with Gasteiger partial charge in [-0.3, -0.25) is 24.0 Å². The lowest BCUT2D eigenvalue weighted by Crippen LogP contribution is -2.36. The molecule has 0 unspecified atom stereocenters. The van der Waals surface area contributed by atoms with Crippen LogP contribution in [0.15, 0.2) is 24.0 Å². The van der Waals surface area contributed by atoms with E-state index in [-0.39, 0.29) is 54.2 Å². The van der Waals surface area contributed by atoms with Gasteiger partial charge < -0.3 is 72.7 Å². The third-order valence-electron chi connectivity index (χ3n) is 19.0. The van der Waals surface area contributed by atoms with E-state index < -0.39 is 0 Å². The van der Waals surface area contributed by atoms with Crippen molar-refractivity contribution < 1.29 is 23.7 Å². The van der Waals surface area contributed by atoms with Gasteiger partial charge in [-0.25, -0.2) is 0 Å². The fraction of sp³-hybridized carbons (Fsp3) is 0.759. The lowest BCUT2D eigenvalue weighted by atomic mass is 9.82. The number of hydrogen-bond donors (Lipinski definition) is 0. The molecule has 5 rings (SSSR count). The fourth-order valence-electron chi connectivity index (χ4n) is 12.3. The monoisotopic (exact) mass is 1600 g/mol. The molecular weight excluding hydrogens is 1460 g/mol. The van der Waals surface area contributed by atoms with Crippen molar-refractivity contribution in [2.75, 3.05) is 259 Å². The second kappa shape index (κ2) is 48.3. The summed E-state index contributed by atoms with van der Waals surface area (Å²) in [6.07, 6.45) is 2.33. The molecule has 108 heavy (non-hydrogen) atoms. The van der Waals surface area contributed by atoms with Crippen molar-refractivity contribution >= 4 is 89.5 Å². The molecule has 20 nitrogen and oxygen atoms in total. The molecule has 0 amide bonds. The molecule has 0 saturated carbocycles. The summed E-state index contributed by atoms with van der Waals surface area (Å²) < 4.78 is 30.7. The summed E-state index contributed by atoms with van der Waals surface area (Å²) in [5, 5.41) is 0. The second-order valence-electron chi connectivity index (χ2n) is 33.8. The van der Waals surface area contributed by atoms with Crippen molar-refractivity contribution in [2.45, 2.75) is 185 Å². The Morgan fingerprint density at radius 2 is 0.454 bits per heavy atom. The maximum atomic E-state index is 12.0. The highest BCUT2D eigenvalue weighted by Gasteiger charge is 2.35. The maximum absolute atomic E-state index is 12.0. The second-order valence-corrected chi connectivity index (χ2v) is 35.8. The molecule has 0 N–H and O–H groups in total. The summed E-state index contributed by atoms with van der Waals surface area (Å²) in [5.41, 5.74) is 8.26. The first-order chi connectivity index (χ1) is 50.0. The van der Waals surface area contributed by atoms with E-state index in [1.54, 1.807) is 0 Å². The Hall–Kier alpha value is -3.90. The Bertz CT molecular complexity index is 3810. The van der Waals surface area contributed by atoms with E-state index >= 15 is 0 Å². The van der Waals surface area contributed by atoms with E-state index in [0.717, 1.165) is 200 Å². The Labute approximate surface area is 678 Å². The Morgan fingerprint density at radius 1 is 0.250 bits per heavy atom. The minimum Gasteiger partial charge on any atom is -0.378 e. The Kier molecular flexibility index (Phi) is 45.7. The van der Waals surface area contributed by atoms with Crippen LogP contribution in [0.3, 0.4) is 0 Å². The topological polar surface area (TPSA) is 164 Å². The van der Waals surface area contributed by atoms with Crippen molar-refractivity contribution in [1.29, 1.82) is 0 Å². The molecular formula is C83H146N10O10S5. The average Bonchev–Trinajstić information content (AvgIpc) is 0.781. The SMILES string of the molecule is CCCN(C)CCOCCN(C)c1c(C(C)(C)C)c(=O)c1=S.CCCN(CC)CCOCCN(C)c1c(C(C)(C)C)c(=O)c1=S.CCN(C)CCOCCN(C)c1c(C(C)(C)C)c(=O)c1=S.CCN(CC)CCOCCN(C)c1c(C(C)(C)C)c(=O)c1=S.CN(C)CCOCCN(C)c1c(C(C)(C)C)c(=O)c1=S. The third kappa shape index (κ3) is 32.2. The third-order valence-corrected chi connectivity index (χ3v) is 20.9. The molecule has 5 aromatic carbocycles. The van der Waals surface area contributed by atoms with E-state index in [1.807, 2.05) is 101 Å². The summed E-state index contributed by atoms with van der Waals surface area (Å²) in [4.78, 5) is 81.4. The Morgan fingerprint density at radius 3 is 0.657 bits per heavy atom. The van der Waals surface area contributed by atoms with Gasteiger partial charge in [0.05, 0.1) is 94.5 Å². The Balaban J connectivity index is 0.000000675. The van der Waals surface area contributed by atoms with E-state index in [0.29, 0.717) is 55.6 Å². The standard InChI is InChI=1S/C18H32N2O2S.2C17H30N2O2S.C16H28N2O2S.C15H26N2O2S/c1-7-9-20(8-2)11-13-22-12-10-19(6)15-14(18(3,4)5)16(21)17(15)23;1-7-8-18(5)9-11-21-12-10-19(6)14-13(17(2,3)4)15(20)16(14)22;1-7-19(8-2)10-12-21-11-9-18(6)14-13(17(3,4)5)15(20)16(14)22;1-7-17(5)8-10-20-11-9-18(6)13-12(16(2,3)4)14(19)15(13)21;1-15(2,3)11-12(14(20)13(11)18)17(6)8-10-19-9-7-16(4)5/h7-13H2,1-6H3;2*7-12H2,1-6H3;7-11H2,1-6H3;7-10H2,1-6H3. The molecule has 5 aromatic rings. The van der Waals surface area contributed by atoms with Crippen LogP contribution in [0.1, 0.15) is 186 Å². The van der Waals surface area contributed by atoms with Crippen LogP contribution < -0.4 is 51.6 Å². The molecule has 25 heteroatoms. The van der Waals surface area contributed by atoms with Crippen LogP contribution in [-0.2, 0) is 50.8 Å². The zero-order chi connectivity index (χ0) is 83.2. The molecule has 0 radical (unpaired) electrons. The summed E-state index contributed by atoms with van der Waals surface area (Å²) in [5.74, 6) is 0. The molecule has 0 aliphatic rings. The minimum absolute atomic E-state index is 0.0304. The molecule has 0 fully saturated rings. The highest BCUT2D eigenvalue weighted by molar-refractivity contribution is 7.72. The summed E-state index contributed by atoms with van der Waals surface area (Å²) in [7, 11) is 18.1. The van der Waals surface area contributed by atoms with E-state index in [2.05, 4.69) is 157 Å². The number of ether oxygens (including phenoxy) is 5. The first-order valence-corrected chi connectivity index (χ1v) is 41.2. The van der Waals surface area contributed by atoms with Gasteiger partial charge in [0, 0.05) is 129 Å². The zero-order valence-corrected chi connectivity index (χ0v) is 77.0. The molecule has 618 valence electrons. The fourth-order valence-corrected chi connectivity index (χ4v) is 14.1. The van der Waals surface area contributed by atoms with E-state index in [9.17, 15) is 24.0 Å². The van der Waals surface area contributed by atoms with Crippen LogP contribution in [-0.4, -0.2) is 259 Å². The van der Waals surface area contributed by atoms with Crippen LogP contribution >= 0.6 is 61.1 Å². The highest BCUT2D eigenvalue weighted by Crippen LogP contribution is 2.37. The number of nitrogens with zero attached hydrogens (tertiary/aromatic N) is 10. The molecule has 0 spiro atoms. The quantitative estimate of drug-likeness (QED) is 0.0267. The van der Waals surface area contributed by atoms with Gasteiger partial charge >= 0.3 is 0 Å². The molecule has 0 aliphatic heterocycles. The largest absolute Gasteiger partial charge is 0.378 e. The minimum atomic E-state index is -0.161. The van der Waals surface area contributed by atoms with Crippen molar-refractivity contribution in [3.05, 3.63) is 101 Å². The van der Waals surface area contributed by atoms with Crippen molar-refractivity contribution in [2.24, 2.45) is 0 Å². The van der Waals surface area contributed by atoms with Gasteiger partial charge in [-0.15, -0.1) is 0 Å². The molecule has 0 bridgehead atoms. The van der Waals surface area contributed by atoms with Crippen molar-refractivity contribution in [3.8, 4) is 0 Å². The number of anilines is 5. The average molecular weight is 1600 g/mol. The lowest BCUT2D eigenvalue weighted by molar-refractivity contribution is 0.110. The van der Waals surface area contributed by atoms with Crippen LogP contribution in [0.25, 0.3) is 0 Å². The molecule has 0 heterocycles. The predicted octanol–water partition coefficient (Wildman–Crippen LogP) is 12.9. The van der Waals surface area contributed by atoms with Crippen LogP contribution in [0, 0.1) is 22.6 Å². The molecule has 0 saturated heterocycles. The molecule has 0 aliphatic carbocycles. The molecule has 0 atom stereocenters. The van der Waals surface area contributed by atoms with Gasteiger partial charge in [0.2, 0.25) is 27.1 Å². The summed E-state index contributed by atoms with van der Waals surface area (Å²) in [6.45, 7) is 65.6. The van der Waals surface area contributed by atoms with Crippen molar-refractivity contribution in [1.82, 2.24) is 24.5 Å². The first kappa shape index (κ1) is 102. The van der Waals surface area contributed by atoms with Gasteiger partial charge in [0.15, 0.2) is 0 Å². The van der Waals surface area contributed by atoms with Gasteiger partial charge in [0.25, 0.3) is 0 Å². The van der Waals surface area contributed by atoms with Gasteiger partial charge in [-0.1, -0.05) is 206 Å². The number of hydrogen-bond acceptors (Lipinski definition) is 25. The lowest BCUT2D eigenvalue weighted by Gasteiger charge is -2.30. The number of likely N-dealkylation sites (N-methyl/N-ethyl adjacent to an activating group) is 10. The first-order valence-electron chi connectivity index (χ1n) is 39.1. The van der Waals surface area contributed by atoms with Crippen molar-refractivity contribution in [3.63, 3.8) is 0 Å². The van der Waals surface area contributed by atoms with Gasteiger partial charge in [-0.2, -0.15) is 0 Å². The van der Waals surface area contributed by atoms with Crippen LogP contribution in [0.2, 0.25) is 0 Å². The molecule has 0 aromatic heterocycles. The summed E-state index contributed by atoms with van der Waals surface area (Å²) in [6, 6.07) is 0. The normalized spacial score (nSPS) is 12.3. The highest BCUT2D eigenvalue weighted by atomic mass is 32.1. The van der Waals surface area contributed by atoms with Gasteiger partial charge in [-0.05, 0) is 107 Å². The van der Waals surface area contributed by atoms with Crippen LogP contribution in [0.4, 0.5) is 28.4 Å². The van der Waals surface area contributed by atoms with E-state index in [1.165, 1.54) is 6.42 Å². The smallest absolute Gasteiger partial charge is 0.204 e. The zero-order valence-electron chi connectivity index (χ0n) is 72.9. The van der Waals surface area contributed by atoms with Gasteiger partial charge in [0.1, 0.15) is 22.6 Å². The van der Waals surface area contributed by atoms with E-state index in [4.69, 9.17) is 84.8 Å².